The van der Waals surface area contributed by atoms with Crippen LogP contribution < -0.4 is 24.3 Å². The molecule has 0 saturated carbocycles. The molecular formula is C19H23NO4. The highest BCUT2D eigenvalue weighted by Crippen LogP contribution is 2.31. The molecule has 2 aromatic carbocycles. The van der Waals surface area contributed by atoms with Gasteiger partial charge in [-0.2, -0.15) is 0 Å². The van der Waals surface area contributed by atoms with E-state index in [1.807, 2.05) is 49.4 Å². The molecule has 0 aromatic heterocycles. The Morgan fingerprint density at radius 2 is 1.96 bits per heavy atom. The van der Waals surface area contributed by atoms with Crippen LogP contribution in [0.5, 0.6) is 23.0 Å². The Kier molecular flexibility index (Phi) is 5.43. The lowest BCUT2D eigenvalue weighted by Crippen LogP contribution is -2.39. The monoisotopic (exact) mass is 329 g/mol. The molecule has 0 saturated heterocycles. The number of rotatable bonds is 7. The van der Waals surface area contributed by atoms with Gasteiger partial charge in [-0.1, -0.05) is 24.3 Å². The van der Waals surface area contributed by atoms with E-state index in [1.165, 1.54) is 0 Å². The molecule has 128 valence electrons. The van der Waals surface area contributed by atoms with Crippen LogP contribution in [0.15, 0.2) is 42.5 Å². The SMILES string of the molecule is COc1cccc(C)c1OCCNC[C@@H]1COc2ccccc2O1. The Balaban J connectivity index is 1.41. The van der Waals surface area contributed by atoms with Gasteiger partial charge in [0.25, 0.3) is 0 Å². The third-order valence-electron chi connectivity index (χ3n) is 3.86. The van der Waals surface area contributed by atoms with E-state index in [0.717, 1.165) is 35.1 Å². The smallest absolute Gasteiger partial charge is 0.164 e. The van der Waals surface area contributed by atoms with Crippen LogP contribution in [0.3, 0.4) is 0 Å². The Hall–Kier alpha value is -2.40. The zero-order chi connectivity index (χ0) is 16.8. The van der Waals surface area contributed by atoms with Crippen molar-refractivity contribution < 1.29 is 18.9 Å². The van der Waals surface area contributed by atoms with E-state index in [4.69, 9.17) is 18.9 Å². The summed E-state index contributed by atoms with van der Waals surface area (Å²) in [5, 5.41) is 3.34. The highest BCUT2D eigenvalue weighted by Gasteiger charge is 2.19. The van der Waals surface area contributed by atoms with E-state index in [1.54, 1.807) is 7.11 Å². The molecule has 5 heteroatoms. The molecule has 0 spiro atoms. The average Bonchev–Trinajstić information content (AvgIpc) is 2.62. The van der Waals surface area contributed by atoms with Crippen LogP contribution in [0.1, 0.15) is 5.56 Å². The third kappa shape index (κ3) is 3.92. The van der Waals surface area contributed by atoms with Gasteiger partial charge in [0.05, 0.1) is 7.11 Å². The Morgan fingerprint density at radius 3 is 2.79 bits per heavy atom. The van der Waals surface area contributed by atoms with Crippen molar-refractivity contribution in [3.8, 4) is 23.0 Å². The number of hydrogen-bond donors (Lipinski definition) is 1. The third-order valence-corrected chi connectivity index (χ3v) is 3.86. The second kappa shape index (κ2) is 7.93. The van der Waals surface area contributed by atoms with Crippen LogP contribution in [-0.2, 0) is 0 Å². The summed E-state index contributed by atoms with van der Waals surface area (Å²) in [5.41, 5.74) is 1.06. The Morgan fingerprint density at radius 1 is 1.12 bits per heavy atom. The van der Waals surface area contributed by atoms with E-state index in [9.17, 15) is 0 Å². The zero-order valence-electron chi connectivity index (χ0n) is 14.1. The van der Waals surface area contributed by atoms with Gasteiger partial charge in [0, 0.05) is 13.1 Å². The number of fused-ring (bicyclic) bond motifs is 1. The summed E-state index contributed by atoms with van der Waals surface area (Å²) in [4.78, 5) is 0. The van der Waals surface area contributed by atoms with Crippen LogP contribution in [0, 0.1) is 6.92 Å². The highest BCUT2D eigenvalue weighted by molar-refractivity contribution is 5.45. The van der Waals surface area contributed by atoms with E-state index in [2.05, 4.69) is 5.32 Å². The molecule has 0 bridgehead atoms. The van der Waals surface area contributed by atoms with Gasteiger partial charge in [0.2, 0.25) is 0 Å². The van der Waals surface area contributed by atoms with Crippen LogP contribution >= 0.6 is 0 Å². The summed E-state index contributed by atoms with van der Waals surface area (Å²) in [6, 6.07) is 13.6. The van der Waals surface area contributed by atoms with Crippen molar-refractivity contribution in [2.24, 2.45) is 0 Å². The summed E-state index contributed by atoms with van der Waals surface area (Å²) in [6.45, 7) is 4.55. The average molecular weight is 329 g/mol. The maximum atomic E-state index is 5.90. The predicted molar refractivity (Wildman–Crippen MR) is 92.4 cm³/mol. The molecule has 5 nitrogen and oxygen atoms in total. The van der Waals surface area contributed by atoms with Crippen molar-refractivity contribution in [2.45, 2.75) is 13.0 Å². The normalized spacial score (nSPS) is 15.8. The van der Waals surface area contributed by atoms with Gasteiger partial charge < -0.3 is 24.3 Å². The lowest BCUT2D eigenvalue weighted by atomic mass is 10.2. The molecule has 0 fully saturated rings. The molecule has 1 heterocycles. The molecular weight excluding hydrogens is 306 g/mol. The lowest BCUT2D eigenvalue weighted by Gasteiger charge is -2.26. The minimum Gasteiger partial charge on any atom is -0.493 e. The topological polar surface area (TPSA) is 49.0 Å². The van der Waals surface area contributed by atoms with Crippen molar-refractivity contribution in [2.75, 3.05) is 33.4 Å². The minimum absolute atomic E-state index is 0.00731. The highest BCUT2D eigenvalue weighted by atomic mass is 16.6. The molecule has 1 aliphatic heterocycles. The molecule has 1 N–H and O–H groups in total. The lowest BCUT2D eigenvalue weighted by molar-refractivity contribution is 0.0897. The number of ether oxygens (including phenoxy) is 4. The van der Waals surface area contributed by atoms with Gasteiger partial charge in [0.15, 0.2) is 23.0 Å². The van der Waals surface area contributed by atoms with Crippen molar-refractivity contribution in [3.05, 3.63) is 48.0 Å². The number of benzene rings is 2. The predicted octanol–water partition coefficient (Wildman–Crippen LogP) is 2.81. The Bertz CT molecular complexity index is 674. The number of para-hydroxylation sites is 3. The fraction of sp³-hybridized carbons (Fsp3) is 0.368. The maximum Gasteiger partial charge on any atom is 0.164 e. The van der Waals surface area contributed by atoms with Crippen LogP contribution in [0.4, 0.5) is 0 Å². The summed E-state index contributed by atoms with van der Waals surface area (Å²) in [6.07, 6.45) is 0.00731. The molecule has 1 atom stereocenters. The quantitative estimate of drug-likeness (QED) is 0.792. The maximum absolute atomic E-state index is 5.90. The minimum atomic E-state index is 0.00731. The van der Waals surface area contributed by atoms with Crippen LogP contribution in [0.25, 0.3) is 0 Å². The largest absolute Gasteiger partial charge is 0.493 e. The molecule has 1 aliphatic rings. The summed E-state index contributed by atoms with van der Waals surface area (Å²) in [7, 11) is 1.65. The van der Waals surface area contributed by atoms with Gasteiger partial charge in [-0.3, -0.25) is 0 Å². The van der Waals surface area contributed by atoms with Gasteiger partial charge in [-0.25, -0.2) is 0 Å². The summed E-state index contributed by atoms with van der Waals surface area (Å²) >= 11 is 0. The fourth-order valence-corrected chi connectivity index (χ4v) is 2.62. The number of aryl methyl sites for hydroxylation is 1. The van der Waals surface area contributed by atoms with E-state index >= 15 is 0 Å². The second-order valence-corrected chi connectivity index (χ2v) is 5.66. The first-order chi connectivity index (χ1) is 11.8. The van der Waals surface area contributed by atoms with Gasteiger partial charge in [-0.15, -0.1) is 0 Å². The molecule has 0 amide bonds. The summed E-state index contributed by atoms with van der Waals surface area (Å²) < 4.78 is 22.8. The fourth-order valence-electron chi connectivity index (χ4n) is 2.62. The van der Waals surface area contributed by atoms with E-state index < -0.39 is 0 Å². The van der Waals surface area contributed by atoms with Crippen LogP contribution in [-0.4, -0.2) is 39.5 Å². The second-order valence-electron chi connectivity index (χ2n) is 5.66. The zero-order valence-corrected chi connectivity index (χ0v) is 14.1. The first-order valence-corrected chi connectivity index (χ1v) is 8.13. The van der Waals surface area contributed by atoms with Crippen LogP contribution in [0.2, 0.25) is 0 Å². The molecule has 0 unspecified atom stereocenters. The first-order valence-electron chi connectivity index (χ1n) is 8.13. The number of methoxy groups -OCH3 is 1. The molecule has 24 heavy (non-hydrogen) atoms. The van der Waals surface area contributed by atoms with Crippen molar-refractivity contribution in [3.63, 3.8) is 0 Å². The van der Waals surface area contributed by atoms with Crippen molar-refractivity contribution in [1.82, 2.24) is 5.32 Å². The number of hydrogen-bond acceptors (Lipinski definition) is 5. The van der Waals surface area contributed by atoms with Crippen molar-refractivity contribution >= 4 is 0 Å². The summed E-state index contributed by atoms with van der Waals surface area (Å²) in [5.74, 6) is 3.17. The van der Waals surface area contributed by atoms with Gasteiger partial charge in [-0.05, 0) is 30.7 Å². The first kappa shape index (κ1) is 16.5. The van der Waals surface area contributed by atoms with Gasteiger partial charge >= 0.3 is 0 Å². The standard InChI is InChI=1S/C19H23NO4/c1-14-6-5-9-18(21-2)19(14)22-11-10-20-12-15-13-23-16-7-3-4-8-17(16)24-15/h3-9,15,20H,10-13H2,1-2H3/t15-/m1/s1. The molecule has 3 rings (SSSR count). The van der Waals surface area contributed by atoms with Crippen molar-refractivity contribution in [1.29, 1.82) is 0 Å². The van der Waals surface area contributed by atoms with E-state index in [-0.39, 0.29) is 6.10 Å². The van der Waals surface area contributed by atoms with Gasteiger partial charge in [0.1, 0.15) is 19.3 Å². The molecule has 0 aliphatic carbocycles. The van der Waals surface area contributed by atoms with E-state index in [0.29, 0.717) is 19.8 Å². The molecule has 2 aromatic rings. The number of nitrogens with one attached hydrogen (secondary N) is 1. The Labute approximate surface area is 142 Å². The molecule has 0 radical (unpaired) electrons.